The number of nitrogens with zero attached hydrogens (tertiary/aromatic N) is 1. The van der Waals surface area contributed by atoms with Crippen molar-refractivity contribution in [2.75, 3.05) is 5.73 Å². The van der Waals surface area contributed by atoms with E-state index >= 15 is 0 Å². The minimum atomic E-state index is -0.990. The average molecular weight is 250 g/mol. The minimum absolute atomic E-state index is 0.158. The van der Waals surface area contributed by atoms with Crippen LogP contribution in [0.4, 0.5) is 5.69 Å². The first kappa shape index (κ1) is 11.5. The maximum absolute atomic E-state index is 10.6. The molecule has 0 atom stereocenters. The number of hydrogen-bond donors (Lipinski definition) is 2. The smallest absolute Gasteiger partial charge is 0.338 e. The molecule has 88 valence electrons. The summed E-state index contributed by atoms with van der Waals surface area (Å²) < 4.78 is 5.12. The standard InChI is InChI=1S/C11H10N2O3S/c12-8-1-2-10(13-4-8)17-6-9-3-7(5-16-9)11(14)15/h1-5H,6,12H2,(H,14,15). The number of carbonyl (C=O) groups is 1. The number of aromatic carboxylic acids is 1. The molecule has 2 heterocycles. The van der Waals surface area contributed by atoms with Crippen molar-refractivity contribution in [1.82, 2.24) is 4.98 Å². The fourth-order valence-corrected chi connectivity index (χ4v) is 1.92. The van der Waals surface area contributed by atoms with Crippen molar-refractivity contribution in [3.8, 4) is 0 Å². The van der Waals surface area contributed by atoms with Gasteiger partial charge in [0.2, 0.25) is 0 Å². The highest BCUT2D eigenvalue weighted by Crippen LogP contribution is 2.22. The van der Waals surface area contributed by atoms with Gasteiger partial charge in [-0.1, -0.05) is 11.8 Å². The molecule has 6 heteroatoms. The monoisotopic (exact) mass is 250 g/mol. The molecule has 2 aromatic heterocycles. The summed E-state index contributed by atoms with van der Waals surface area (Å²) in [5, 5.41) is 9.53. The maximum atomic E-state index is 10.6. The molecule has 0 fully saturated rings. The van der Waals surface area contributed by atoms with E-state index in [0.717, 1.165) is 5.03 Å². The Morgan fingerprint density at radius 3 is 2.94 bits per heavy atom. The molecule has 0 bridgehead atoms. The number of carboxylic acid groups (broad SMARTS) is 1. The Kier molecular flexibility index (Phi) is 3.34. The van der Waals surface area contributed by atoms with E-state index in [-0.39, 0.29) is 5.56 Å². The predicted molar refractivity (Wildman–Crippen MR) is 63.9 cm³/mol. The molecule has 3 N–H and O–H groups in total. The maximum Gasteiger partial charge on any atom is 0.338 e. The lowest BCUT2D eigenvalue weighted by molar-refractivity contribution is 0.0696. The van der Waals surface area contributed by atoms with E-state index in [9.17, 15) is 4.79 Å². The topological polar surface area (TPSA) is 89.4 Å². The van der Waals surface area contributed by atoms with Gasteiger partial charge in [0.15, 0.2) is 0 Å². The zero-order chi connectivity index (χ0) is 12.3. The molecule has 0 aliphatic carbocycles. The van der Waals surface area contributed by atoms with Crippen molar-refractivity contribution in [1.29, 1.82) is 0 Å². The number of carboxylic acids is 1. The number of anilines is 1. The van der Waals surface area contributed by atoms with Gasteiger partial charge in [0.25, 0.3) is 0 Å². The zero-order valence-electron chi connectivity index (χ0n) is 8.79. The van der Waals surface area contributed by atoms with Crippen LogP contribution in [0.1, 0.15) is 16.1 Å². The third kappa shape index (κ3) is 3.01. The largest absolute Gasteiger partial charge is 0.478 e. The summed E-state index contributed by atoms with van der Waals surface area (Å²) in [6.07, 6.45) is 2.81. The molecule has 5 nitrogen and oxygen atoms in total. The van der Waals surface area contributed by atoms with Gasteiger partial charge in [-0.05, 0) is 18.2 Å². The van der Waals surface area contributed by atoms with Gasteiger partial charge in [-0.25, -0.2) is 9.78 Å². The van der Waals surface area contributed by atoms with E-state index in [1.54, 1.807) is 18.3 Å². The van der Waals surface area contributed by atoms with Crippen LogP contribution in [0.2, 0.25) is 0 Å². The summed E-state index contributed by atoms with van der Waals surface area (Å²) in [5.41, 5.74) is 6.28. The Morgan fingerprint density at radius 1 is 1.53 bits per heavy atom. The predicted octanol–water partition coefficient (Wildman–Crippen LogP) is 2.25. The minimum Gasteiger partial charge on any atom is -0.478 e. The van der Waals surface area contributed by atoms with Crippen LogP contribution in [0.5, 0.6) is 0 Å². The molecule has 0 spiro atoms. The number of hydrogen-bond acceptors (Lipinski definition) is 5. The number of thioether (sulfide) groups is 1. The van der Waals surface area contributed by atoms with E-state index < -0.39 is 5.97 Å². The first-order valence-corrected chi connectivity index (χ1v) is 5.79. The van der Waals surface area contributed by atoms with Crippen LogP contribution in [-0.4, -0.2) is 16.1 Å². The summed E-state index contributed by atoms with van der Waals surface area (Å²) in [5.74, 6) is 0.145. The van der Waals surface area contributed by atoms with Crippen LogP contribution in [0.15, 0.2) is 40.1 Å². The van der Waals surface area contributed by atoms with Crippen molar-refractivity contribution in [2.45, 2.75) is 10.8 Å². The fourth-order valence-electron chi connectivity index (χ4n) is 1.19. The summed E-state index contributed by atoms with van der Waals surface area (Å²) in [6.45, 7) is 0. The van der Waals surface area contributed by atoms with Crippen molar-refractivity contribution >= 4 is 23.4 Å². The second-order valence-electron chi connectivity index (χ2n) is 3.33. The van der Waals surface area contributed by atoms with Gasteiger partial charge in [0, 0.05) is 0 Å². The van der Waals surface area contributed by atoms with Crippen molar-refractivity contribution in [3.05, 3.63) is 42.0 Å². The van der Waals surface area contributed by atoms with E-state index in [1.807, 2.05) is 0 Å². The fraction of sp³-hybridized carbons (Fsp3) is 0.0909. The van der Waals surface area contributed by atoms with Crippen LogP contribution in [0, 0.1) is 0 Å². The summed E-state index contributed by atoms with van der Waals surface area (Å²) in [6, 6.07) is 5.08. The second kappa shape index (κ2) is 4.92. The highest BCUT2D eigenvalue weighted by atomic mass is 32.2. The van der Waals surface area contributed by atoms with Crippen LogP contribution in [0.3, 0.4) is 0 Å². The number of nitrogen functional groups attached to an aromatic ring is 1. The number of nitrogens with two attached hydrogens (primary N) is 1. The molecule has 0 aliphatic heterocycles. The lowest BCUT2D eigenvalue weighted by atomic mass is 10.3. The molecular formula is C11H10N2O3S. The SMILES string of the molecule is Nc1ccc(SCc2cc(C(=O)O)co2)nc1. The first-order valence-electron chi connectivity index (χ1n) is 4.80. The van der Waals surface area contributed by atoms with E-state index in [1.165, 1.54) is 24.1 Å². The zero-order valence-corrected chi connectivity index (χ0v) is 9.61. The molecule has 17 heavy (non-hydrogen) atoms. The summed E-state index contributed by atoms with van der Waals surface area (Å²) in [4.78, 5) is 14.7. The molecular weight excluding hydrogens is 240 g/mol. The highest BCUT2D eigenvalue weighted by Gasteiger charge is 2.08. The number of pyridine rings is 1. The van der Waals surface area contributed by atoms with E-state index in [4.69, 9.17) is 15.3 Å². The molecule has 0 aromatic carbocycles. The first-order chi connectivity index (χ1) is 8.15. The molecule has 0 amide bonds. The number of rotatable bonds is 4. The number of furan rings is 1. The quantitative estimate of drug-likeness (QED) is 0.809. The summed E-state index contributed by atoms with van der Waals surface area (Å²) in [7, 11) is 0. The molecule has 0 aliphatic rings. The third-order valence-corrected chi connectivity index (χ3v) is 2.99. The van der Waals surface area contributed by atoms with Gasteiger partial charge in [-0.15, -0.1) is 0 Å². The lowest BCUT2D eigenvalue weighted by Gasteiger charge is -1.98. The van der Waals surface area contributed by atoms with Gasteiger partial charge < -0.3 is 15.3 Å². The van der Waals surface area contributed by atoms with Crippen molar-refractivity contribution in [2.24, 2.45) is 0 Å². The Labute approximate surface area is 102 Å². The Morgan fingerprint density at radius 2 is 2.35 bits per heavy atom. The van der Waals surface area contributed by atoms with Crippen molar-refractivity contribution in [3.63, 3.8) is 0 Å². The third-order valence-electron chi connectivity index (χ3n) is 2.02. The molecule has 2 aromatic rings. The van der Waals surface area contributed by atoms with E-state index in [2.05, 4.69) is 4.98 Å². The van der Waals surface area contributed by atoms with Gasteiger partial charge >= 0.3 is 5.97 Å². The van der Waals surface area contributed by atoms with Crippen LogP contribution < -0.4 is 5.73 Å². The molecule has 0 saturated heterocycles. The van der Waals surface area contributed by atoms with Gasteiger partial charge in [-0.3, -0.25) is 0 Å². The molecule has 0 unspecified atom stereocenters. The molecule has 0 saturated carbocycles. The van der Waals surface area contributed by atoms with Crippen LogP contribution >= 0.6 is 11.8 Å². The highest BCUT2D eigenvalue weighted by molar-refractivity contribution is 7.98. The summed E-state index contributed by atoms with van der Waals surface area (Å²) >= 11 is 1.45. The number of aromatic nitrogens is 1. The van der Waals surface area contributed by atoms with Gasteiger partial charge in [0.05, 0.1) is 28.2 Å². The van der Waals surface area contributed by atoms with E-state index in [0.29, 0.717) is 17.2 Å². The Balaban J connectivity index is 1.97. The molecule has 2 rings (SSSR count). The normalized spacial score (nSPS) is 10.4. The average Bonchev–Trinajstić information content (AvgIpc) is 2.77. The van der Waals surface area contributed by atoms with Gasteiger partial charge in [0.1, 0.15) is 12.0 Å². The van der Waals surface area contributed by atoms with Crippen LogP contribution in [0.25, 0.3) is 0 Å². The Hall–Kier alpha value is -1.95. The van der Waals surface area contributed by atoms with Crippen LogP contribution in [-0.2, 0) is 5.75 Å². The Bertz CT molecular complexity index is 522. The van der Waals surface area contributed by atoms with Crippen molar-refractivity contribution < 1.29 is 14.3 Å². The lowest BCUT2D eigenvalue weighted by Crippen LogP contribution is -1.91. The van der Waals surface area contributed by atoms with Gasteiger partial charge in [-0.2, -0.15) is 0 Å². The second-order valence-corrected chi connectivity index (χ2v) is 4.32. The molecule has 0 radical (unpaired) electrons.